The lowest BCUT2D eigenvalue weighted by molar-refractivity contribution is 0.600. The van der Waals surface area contributed by atoms with E-state index in [1.165, 1.54) is 11.0 Å². The standard InChI is InChI=1S/C10H13N5O2S/c1-2-6-18(16,17)12-9-4-3-5-10(7-9)15-8-11-13-14-15/h3-5,7-8,12H,2,6H2,1H3. The van der Waals surface area contributed by atoms with Crippen molar-refractivity contribution in [2.24, 2.45) is 0 Å². The quantitative estimate of drug-likeness (QED) is 0.866. The monoisotopic (exact) mass is 267 g/mol. The van der Waals surface area contributed by atoms with Crippen molar-refractivity contribution in [3.63, 3.8) is 0 Å². The molecule has 0 spiro atoms. The van der Waals surface area contributed by atoms with Gasteiger partial charge in [-0.3, -0.25) is 4.72 Å². The number of hydrogen-bond donors (Lipinski definition) is 1. The smallest absolute Gasteiger partial charge is 0.232 e. The van der Waals surface area contributed by atoms with Crippen molar-refractivity contribution in [1.82, 2.24) is 20.2 Å². The number of nitrogens with zero attached hydrogens (tertiary/aromatic N) is 4. The minimum Gasteiger partial charge on any atom is -0.283 e. The fourth-order valence-electron chi connectivity index (χ4n) is 1.49. The second-order valence-electron chi connectivity index (χ2n) is 3.73. The molecule has 0 fully saturated rings. The zero-order valence-electron chi connectivity index (χ0n) is 9.81. The van der Waals surface area contributed by atoms with Crippen LogP contribution >= 0.6 is 0 Å². The first-order valence-electron chi connectivity index (χ1n) is 5.44. The first-order valence-corrected chi connectivity index (χ1v) is 7.10. The molecule has 96 valence electrons. The molecular weight excluding hydrogens is 254 g/mol. The third kappa shape index (κ3) is 3.04. The van der Waals surface area contributed by atoms with E-state index in [4.69, 9.17) is 0 Å². The van der Waals surface area contributed by atoms with Gasteiger partial charge in [-0.2, -0.15) is 0 Å². The molecule has 0 aliphatic carbocycles. The van der Waals surface area contributed by atoms with E-state index < -0.39 is 10.0 Å². The highest BCUT2D eigenvalue weighted by atomic mass is 32.2. The largest absolute Gasteiger partial charge is 0.283 e. The predicted octanol–water partition coefficient (Wildman–Crippen LogP) is 0.814. The minimum absolute atomic E-state index is 0.0993. The molecule has 0 unspecified atom stereocenters. The number of sulfonamides is 1. The van der Waals surface area contributed by atoms with E-state index in [1.807, 2.05) is 6.92 Å². The summed E-state index contributed by atoms with van der Waals surface area (Å²) in [6, 6.07) is 6.87. The molecule has 0 aliphatic heterocycles. The summed E-state index contributed by atoms with van der Waals surface area (Å²) in [6.07, 6.45) is 2.02. The van der Waals surface area contributed by atoms with E-state index >= 15 is 0 Å². The van der Waals surface area contributed by atoms with E-state index in [0.29, 0.717) is 17.8 Å². The van der Waals surface area contributed by atoms with Crippen LogP contribution in [-0.2, 0) is 10.0 Å². The summed E-state index contributed by atoms with van der Waals surface area (Å²) in [4.78, 5) is 0. The minimum atomic E-state index is -3.28. The van der Waals surface area contributed by atoms with Gasteiger partial charge in [0, 0.05) is 0 Å². The highest BCUT2D eigenvalue weighted by Crippen LogP contribution is 2.14. The lowest BCUT2D eigenvalue weighted by Crippen LogP contribution is -2.16. The fourth-order valence-corrected chi connectivity index (χ4v) is 2.62. The van der Waals surface area contributed by atoms with Crippen LogP contribution in [-0.4, -0.2) is 34.4 Å². The maximum Gasteiger partial charge on any atom is 0.232 e. The molecule has 0 saturated heterocycles. The Kier molecular flexibility index (Phi) is 3.56. The van der Waals surface area contributed by atoms with Gasteiger partial charge >= 0.3 is 0 Å². The summed E-state index contributed by atoms with van der Waals surface area (Å²) in [7, 11) is -3.28. The van der Waals surface area contributed by atoms with Crippen LogP contribution in [0.1, 0.15) is 13.3 Å². The van der Waals surface area contributed by atoms with Gasteiger partial charge in [0.2, 0.25) is 10.0 Å². The molecule has 18 heavy (non-hydrogen) atoms. The Balaban J connectivity index is 2.23. The van der Waals surface area contributed by atoms with E-state index in [0.717, 1.165) is 0 Å². The van der Waals surface area contributed by atoms with Crippen molar-refractivity contribution in [1.29, 1.82) is 0 Å². The van der Waals surface area contributed by atoms with Crippen LogP contribution in [0.5, 0.6) is 0 Å². The van der Waals surface area contributed by atoms with Crippen LogP contribution in [0.2, 0.25) is 0 Å². The summed E-state index contributed by atoms with van der Waals surface area (Å²) in [5, 5.41) is 10.8. The molecule has 0 bridgehead atoms. The van der Waals surface area contributed by atoms with E-state index in [9.17, 15) is 8.42 Å². The Bertz CT molecular complexity index is 609. The normalized spacial score (nSPS) is 11.4. The summed E-state index contributed by atoms with van der Waals surface area (Å²) in [5.74, 6) is 0.0993. The maximum atomic E-state index is 11.6. The number of anilines is 1. The van der Waals surface area contributed by atoms with Gasteiger partial charge in [-0.1, -0.05) is 13.0 Å². The summed E-state index contributed by atoms with van der Waals surface area (Å²) in [6.45, 7) is 1.82. The topological polar surface area (TPSA) is 89.8 Å². The maximum absolute atomic E-state index is 11.6. The van der Waals surface area contributed by atoms with Gasteiger partial charge in [0.05, 0.1) is 17.1 Å². The first-order chi connectivity index (χ1) is 8.61. The molecule has 0 amide bonds. The van der Waals surface area contributed by atoms with Crippen molar-refractivity contribution in [2.45, 2.75) is 13.3 Å². The van der Waals surface area contributed by atoms with Gasteiger partial charge in [-0.05, 0) is 35.0 Å². The third-order valence-corrected chi connectivity index (χ3v) is 3.70. The average molecular weight is 267 g/mol. The van der Waals surface area contributed by atoms with Crippen LogP contribution in [0.4, 0.5) is 5.69 Å². The van der Waals surface area contributed by atoms with Crippen LogP contribution in [0.25, 0.3) is 5.69 Å². The van der Waals surface area contributed by atoms with Crippen LogP contribution < -0.4 is 4.72 Å². The van der Waals surface area contributed by atoms with Crippen LogP contribution in [0.15, 0.2) is 30.6 Å². The van der Waals surface area contributed by atoms with Crippen molar-refractivity contribution in [3.8, 4) is 5.69 Å². The predicted molar refractivity (Wildman–Crippen MR) is 66.9 cm³/mol. The highest BCUT2D eigenvalue weighted by molar-refractivity contribution is 7.92. The van der Waals surface area contributed by atoms with E-state index in [1.54, 1.807) is 24.3 Å². The Labute approximate surface area is 105 Å². The lowest BCUT2D eigenvalue weighted by atomic mass is 10.3. The summed E-state index contributed by atoms with van der Waals surface area (Å²) < 4.78 is 27.2. The Morgan fingerprint density at radius 2 is 2.22 bits per heavy atom. The van der Waals surface area contributed by atoms with Crippen molar-refractivity contribution in [2.75, 3.05) is 10.5 Å². The number of nitrogens with one attached hydrogen (secondary N) is 1. The summed E-state index contributed by atoms with van der Waals surface area (Å²) >= 11 is 0. The van der Waals surface area contributed by atoms with E-state index in [-0.39, 0.29) is 5.75 Å². The van der Waals surface area contributed by atoms with Gasteiger partial charge in [0.25, 0.3) is 0 Å². The zero-order chi connectivity index (χ0) is 13.0. The number of hydrogen-bond acceptors (Lipinski definition) is 5. The van der Waals surface area contributed by atoms with Crippen LogP contribution in [0, 0.1) is 0 Å². The lowest BCUT2D eigenvalue weighted by Gasteiger charge is -2.08. The molecule has 1 aromatic heterocycles. The Morgan fingerprint density at radius 3 is 2.89 bits per heavy atom. The second-order valence-corrected chi connectivity index (χ2v) is 5.57. The molecular formula is C10H13N5O2S. The number of rotatable bonds is 5. The van der Waals surface area contributed by atoms with Gasteiger partial charge in [-0.15, -0.1) is 5.10 Å². The molecule has 0 aliphatic rings. The first kappa shape index (κ1) is 12.5. The number of benzene rings is 1. The number of tetrazole rings is 1. The molecule has 8 heteroatoms. The molecule has 1 N–H and O–H groups in total. The van der Waals surface area contributed by atoms with Gasteiger partial charge in [0.15, 0.2) is 0 Å². The molecule has 1 heterocycles. The van der Waals surface area contributed by atoms with Crippen LogP contribution in [0.3, 0.4) is 0 Å². The Hall–Kier alpha value is -1.96. The van der Waals surface area contributed by atoms with Gasteiger partial charge in [0.1, 0.15) is 6.33 Å². The fraction of sp³-hybridized carbons (Fsp3) is 0.300. The second kappa shape index (κ2) is 5.13. The number of aromatic nitrogens is 4. The molecule has 0 radical (unpaired) electrons. The molecule has 2 aromatic rings. The van der Waals surface area contributed by atoms with E-state index in [2.05, 4.69) is 20.2 Å². The third-order valence-electron chi connectivity index (χ3n) is 2.21. The Morgan fingerprint density at radius 1 is 1.39 bits per heavy atom. The molecule has 2 rings (SSSR count). The van der Waals surface area contributed by atoms with Crippen molar-refractivity contribution in [3.05, 3.63) is 30.6 Å². The van der Waals surface area contributed by atoms with Gasteiger partial charge < -0.3 is 0 Å². The molecule has 0 atom stereocenters. The average Bonchev–Trinajstić information content (AvgIpc) is 2.81. The zero-order valence-corrected chi connectivity index (χ0v) is 10.6. The SMILES string of the molecule is CCCS(=O)(=O)Nc1cccc(-n2cnnn2)c1. The molecule has 0 saturated carbocycles. The van der Waals surface area contributed by atoms with Crippen molar-refractivity contribution >= 4 is 15.7 Å². The summed E-state index contributed by atoms with van der Waals surface area (Å²) in [5.41, 5.74) is 1.19. The molecule has 1 aromatic carbocycles. The van der Waals surface area contributed by atoms with Crippen molar-refractivity contribution < 1.29 is 8.42 Å². The molecule has 7 nitrogen and oxygen atoms in total. The van der Waals surface area contributed by atoms with Gasteiger partial charge in [-0.25, -0.2) is 13.1 Å². The highest BCUT2D eigenvalue weighted by Gasteiger charge is 2.09.